The molecular formula is C18H26O2Sn. The summed E-state index contributed by atoms with van der Waals surface area (Å²) in [6.45, 7) is 11.5. The first-order chi connectivity index (χ1) is 9.78. The summed E-state index contributed by atoms with van der Waals surface area (Å²) in [4.78, 5) is 0. The predicted molar refractivity (Wildman–Crippen MR) is 89.3 cm³/mol. The number of hydrogen-bond donors (Lipinski definition) is 0. The Labute approximate surface area is 142 Å². The summed E-state index contributed by atoms with van der Waals surface area (Å²) in [5.74, 6) is 0.374. The van der Waals surface area contributed by atoms with E-state index in [1.807, 2.05) is 6.92 Å². The molecule has 2 aliphatic carbocycles. The Morgan fingerprint density at radius 1 is 1.33 bits per heavy atom. The molecular weight excluding hydrogens is 367 g/mol. The van der Waals surface area contributed by atoms with Crippen molar-refractivity contribution in [2.24, 2.45) is 5.41 Å². The van der Waals surface area contributed by atoms with Gasteiger partial charge in [0.1, 0.15) is 0 Å². The van der Waals surface area contributed by atoms with Crippen molar-refractivity contribution in [2.45, 2.75) is 53.2 Å². The van der Waals surface area contributed by atoms with E-state index in [0.717, 1.165) is 41.1 Å². The minimum atomic E-state index is -0.648. The van der Waals surface area contributed by atoms with Gasteiger partial charge in [0, 0.05) is 0 Å². The Morgan fingerprint density at radius 3 is 2.57 bits per heavy atom. The average Bonchev–Trinajstić information content (AvgIpc) is 2.77. The van der Waals surface area contributed by atoms with Gasteiger partial charge < -0.3 is 0 Å². The van der Waals surface area contributed by atoms with E-state index in [0.29, 0.717) is 6.61 Å². The molecule has 2 aliphatic rings. The van der Waals surface area contributed by atoms with Crippen LogP contribution >= 0.6 is 0 Å². The van der Waals surface area contributed by atoms with Crippen molar-refractivity contribution in [3.05, 3.63) is 44.8 Å². The van der Waals surface area contributed by atoms with Gasteiger partial charge in [0.25, 0.3) is 0 Å². The predicted octanol–water partition coefficient (Wildman–Crippen LogP) is 4.13. The van der Waals surface area contributed by atoms with E-state index in [4.69, 9.17) is 9.47 Å². The van der Waals surface area contributed by atoms with Crippen LogP contribution in [0.25, 0.3) is 0 Å². The quantitative estimate of drug-likeness (QED) is 0.529. The van der Waals surface area contributed by atoms with Crippen LogP contribution in [0.15, 0.2) is 44.8 Å². The van der Waals surface area contributed by atoms with Gasteiger partial charge in [-0.05, 0) is 0 Å². The molecule has 1 atom stereocenters. The summed E-state index contributed by atoms with van der Waals surface area (Å²) in [6, 6.07) is 0. The van der Waals surface area contributed by atoms with Crippen molar-refractivity contribution in [1.29, 1.82) is 0 Å². The number of ether oxygens (including phenoxy) is 2. The van der Waals surface area contributed by atoms with Crippen LogP contribution in [-0.4, -0.2) is 34.9 Å². The maximum atomic E-state index is 6.47. The summed E-state index contributed by atoms with van der Waals surface area (Å²) >= 11 is 1.11. The molecule has 1 unspecified atom stereocenters. The van der Waals surface area contributed by atoms with Crippen LogP contribution in [0.1, 0.15) is 47.5 Å². The Kier molecular flexibility index (Phi) is 5.09. The topological polar surface area (TPSA) is 18.5 Å². The van der Waals surface area contributed by atoms with Gasteiger partial charge in [-0.25, -0.2) is 0 Å². The van der Waals surface area contributed by atoms with Crippen LogP contribution in [0.4, 0.5) is 0 Å². The molecule has 3 heteroatoms. The third-order valence-electron chi connectivity index (χ3n) is 3.86. The zero-order valence-electron chi connectivity index (χ0n) is 13.8. The van der Waals surface area contributed by atoms with E-state index in [1.165, 1.54) is 14.7 Å². The van der Waals surface area contributed by atoms with Crippen molar-refractivity contribution in [3.63, 3.8) is 0 Å². The first-order valence-corrected chi connectivity index (χ1v) is 9.31. The molecule has 0 N–H and O–H groups in total. The van der Waals surface area contributed by atoms with E-state index in [-0.39, 0.29) is 5.41 Å². The average molecular weight is 393 g/mol. The first-order valence-electron chi connectivity index (χ1n) is 7.66. The molecule has 114 valence electrons. The first kappa shape index (κ1) is 16.9. The van der Waals surface area contributed by atoms with Crippen LogP contribution < -0.4 is 0 Å². The number of hydrogen-bond acceptors (Lipinski definition) is 2. The van der Waals surface area contributed by atoms with Gasteiger partial charge in [-0.1, -0.05) is 0 Å². The summed E-state index contributed by atoms with van der Waals surface area (Å²) in [6.07, 6.45) is 10.6. The zero-order valence-corrected chi connectivity index (χ0v) is 17.1. The second kappa shape index (κ2) is 6.33. The number of allylic oxidation sites excluding steroid dienone is 5. The molecule has 21 heavy (non-hydrogen) atoms. The molecule has 2 nitrogen and oxygen atoms in total. The molecule has 2 rings (SSSR count). The molecule has 0 fully saturated rings. The monoisotopic (exact) mass is 394 g/mol. The maximum absolute atomic E-state index is 6.47. The normalized spacial score (nSPS) is 26.0. The molecule has 0 aromatic heterocycles. The molecule has 0 aromatic rings. The molecule has 0 saturated heterocycles. The van der Waals surface area contributed by atoms with E-state index in [1.54, 1.807) is 0 Å². The van der Waals surface area contributed by atoms with E-state index in [9.17, 15) is 0 Å². The van der Waals surface area contributed by atoms with Crippen LogP contribution in [0.5, 0.6) is 0 Å². The van der Waals surface area contributed by atoms with Crippen molar-refractivity contribution in [3.8, 4) is 0 Å². The molecule has 0 aromatic carbocycles. The van der Waals surface area contributed by atoms with E-state index >= 15 is 0 Å². The van der Waals surface area contributed by atoms with Gasteiger partial charge in [-0.15, -0.1) is 0 Å². The van der Waals surface area contributed by atoms with E-state index in [2.05, 4.69) is 52.0 Å². The Bertz CT molecular complexity index is 532. The van der Waals surface area contributed by atoms with E-state index < -0.39 is 5.79 Å². The standard InChI is InChI=1S/C18H25O2.Sn.H/c1-6-19-18(20-15-9-7-8-10-15)12-11-14(2)13-16(18)17(3,4)5;;/h7,9,11,13H,6,8,12H2,1-5H3;;. The van der Waals surface area contributed by atoms with Crippen LogP contribution in [0, 0.1) is 5.41 Å². The Balaban J connectivity index is 2.43. The fourth-order valence-corrected chi connectivity index (χ4v) is 3.69. The van der Waals surface area contributed by atoms with Crippen molar-refractivity contribution >= 4 is 22.5 Å². The molecule has 0 heterocycles. The van der Waals surface area contributed by atoms with Crippen LogP contribution in [-0.2, 0) is 9.47 Å². The third-order valence-corrected chi connectivity index (χ3v) is 5.34. The van der Waals surface area contributed by atoms with Crippen LogP contribution in [0.3, 0.4) is 0 Å². The molecule has 2 radical (unpaired) electrons. The van der Waals surface area contributed by atoms with Crippen molar-refractivity contribution < 1.29 is 9.47 Å². The summed E-state index contributed by atoms with van der Waals surface area (Å²) in [5.41, 5.74) is 2.54. The van der Waals surface area contributed by atoms with Crippen molar-refractivity contribution in [1.82, 2.24) is 0 Å². The second-order valence-electron chi connectivity index (χ2n) is 6.74. The molecule has 0 aliphatic heterocycles. The minimum absolute atomic E-state index is 0.0121. The zero-order chi connectivity index (χ0) is 15.7. The summed E-state index contributed by atoms with van der Waals surface area (Å²) in [5, 5.41) is 0. The van der Waals surface area contributed by atoms with Gasteiger partial charge in [-0.2, -0.15) is 0 Å². The Morgan fingerprint density at radius 2 is 2.05 bits per heavy atom. The Hall–Kier alpha value is -0.481. The van der Waals surface area contributed by atoms with Gasteiger partial charge in [0.05, 0.1) is 0 Å². The van der Waals surface area contributed by atoms with Gasteiger partial charge in [0.2, 0.25) is 0 Å². The fraction of sp³-hybridized carbons (Fsp3) is 0.556. The van der Waals surface area contributed by atoms with Gasteiger partial charge >= 0.3 is 142 Å². The van der Waals surface area contributed by atoms with Crippen LogP contribution in [0.2, 0.25) is 0 Å². The second-order valence-corrected chi connectivity index (χ2v) is 8.73. The molecule has 0 spiro atoms. The SMILES string of the molecule is CCOC1(OC2=[C]([SnH])CC=C2)CC=C(C)C=C1C(C)(C)C. The molecule has 0 bridgehead atoms. The molecule has 0 amide bonds. The van der Waals surface area contributed by atoms with Gasteiger partial charge in [0.15, 0.2) is 0 Å². The fourth-order valence-electron chi connectivity index (χ4n) is 2.86. The number of rotatable bonds is 4. The molecule has 0 saturated carbocycles. The third kappa shape index (κ3) is 3.65. The van der Waals surface area contributed by atoms with Gasteiger partial charge in [-0.3, -0.25) is 0 Å². The summed E-state index contributed by atoms with van der Waals surface area (Å²) < 4.78 is 14.1. The van der Waals surface area contributed by atoms with Crippen molar-refractivity contribution in [2.75, 3.05) is 6.61 Å². The summed E-state index contributed by atoms with van der Waals surface area (Å²) in [7, 11) is 0.